The lowest BCUT2D eigenvalue weighted by Crippen LogP contribution is -2.37. The zero-order valence-corrected chi connectivity index (χ0v) is 13.7. The van der Waals surface area contributed by atoms with E-state index in [-0.39, 0.29) is 11.6 Å². The number of non-ortho nitro benzene ring substituents is 1. The fraction of sp³-hybridized carbons (Fsp3) is 0.0556. The number of rotatable bonds is 3. The number of nitrogens with zero attached hydrogens (tertiary/aromatic N) is 1. The Labute approximate surface area is 147 Å². The highest BCUT2D eigenvalue weighted by Gasteiger charge is 2.29. The maximum atomic E-state index is 12.6. The van der Waals surface area contributed by atoms with E-state index in [1.165, 1.54) is 23.5 Å². The highest BCUT2D eigenvalue weighted by molar-refractivity contribution is 7.15. The van der Waals surface area contributed by atoms with E-state index in [0.717, 1.165) is 21.7 Å². The molecule has 0 unspecified atom stereocenters. The summed E-state index contributed by atoms with van der Waals surface area (Å²) in [6.45, 7) is 0. The van der Waals surface area contributed by atoms with E-state index in [4.69, 9.17) is 0 Å². The van der Waals surface area contributed by atoms with Crippen LogP contribution in [0.1, 0.15) is 22.1 Å². The van der Waals surface area contributed by atoms with Gasteiger partial charge in [0, 0.05) is 23.1 Å². The normalized spacial score (nSPS) is 15.8. The molecule has 0 saturated carbocycles. The molecule has 7 heteroatoms. The van der Waals surface area contributed by atoms with Gasteiger partial charge in [0.2, 0.25) is 0 Å². The summed E-state index contributed by atoms with van der Waals surface area (Å²) < 4.78 is 0. The molecule has 3 aromatic rings. The highest BCUT2D eigenvalue weighted by atomic mass is 32.1. The monoisotopic (exact) mass is 351 g/mol. The standard InChI is InChI=1S/C18H13N3O3S/c22-17-15-14(11-4-2-1-3-5-11)10-25-18(15)20-16(19-17)12-6-8-13(9-7-12)21(23)24/h1-10,16,20H,(H,19,22)/t16-/m1/s1. The van der Waals surface area contributed by atoms with E-state index in [9.17, 15) is 14.9 Å². The van der Waals surface area contributed by atoms with Crippen LogP contribution in [0, 0.1) is 10.1 Å². The molecule has 0 saturated heterocycles. The largest absolute Gasteiger partial charge is 0.353 e. The van der Waals surface area contributed by atoms with E-state index in [2.05, 4.69) is 10.6 Å². The molecule has 1 amide bonds. The maximum Gasteiger partial charge on any atom is 0.269 e. The van der Waals surface area contributed by atoms with Gasteiger partial charge in [0.05, 0.1) is 10.5 Å². The Bertz CT molecular complexity index is 951. The van der Waals surface area contributed by atoms with Crippen LogP contribution in [0.2, 0.25) is 0 Å². The maximum absolute atomic E-state index is 12.6. The van der Waals surface area contributed by atoms with Gasteiger partial charge in [-0.25, -0.2) is 0 Å². The van der Waals surface area contributed by atoms with Gasteiger partial charge >= 0.3 is 0 Å². The first-order valence-electron chi connectivity index (χ1n) is 7.62. The van der Waals surface area contributed by atoms with Crippen LogP contribution >= 0.6 is 11.3 Å². The number of anilines is 1. The molecular formula is C18H13N3O3S. The van der Waals surface area contributed by atoms with Gasteiger partial charge in [0.15, 0.2) is 0 Å². The molecule has 1 aromatic heterocycles. The molecule has 1 atom stereocenters. The lowest BCUT2D eigenvalue weighted by Gasteiger charge is -2.26. The highest BCUT2D eigenvalue weighted by Crippen LogP contribution is 2.39. The van der Waals surface area contributed by atoms with Crippen LogP contribution in [0.4, 0.5) is 10.7 Å². The van der Waals surface area contributed by atoms with E-state index < -0.39 is 11.1 Å². The number of hydrogen-bond donors (Lipinski definition) is 2. The summed E-state index contributed by atoms with van der Waals surface area (Å²) in [5, 5.41) is 19.7. The second-order valence-corrected chi connectivity index (χ2v) is 6.50. The Balaban J connectivity index is 1.65. The summed E-state index contributed by atoms with van der Waals surface area (Å²) in [5.41, 5.74) is 3.31. The minimum Gasteiger partial charge on any atom is -0.353 e. The molecule has 2 N–H and O–H groups in total. The van der Waals surface area contributed by atoms with Gasteiger partial charge in [-0.2, -0.15) is 0 Å². The molecule has 6 nitrogen and oxygen atoms in total. The van der Waals surface area contributed by atoms with Crippen LogP contribution in [-0.2, 0) is 0 Å². The molecule has 124 valence electrons. The summed E-state index contributed by atoms with van der Waals surface area (Å²) in [6.07, 6.45) is -0.414. The van der Waals surface area contributed by atoms with Crippen molar-refractivity contribution in [1.29, 1.82) is 0 Å². The molecule has 0 spiro atoms. The molecule has 4 rings (SSSR count). The third-order valence-electron chi connectivity index (χ3n) is 4.09. The molecule has 0 aliphatic carbocycles. The predicted octanol–water partition coefficient (Wildman–Crippen LogP) is 4.18. The summed E-state index contributed by atoms with van der Waals surface area (Å²) in [5.74, 6) is -0.155. The molecule has 0 fully saturated rings. The average molecular weight is 351 g/mol. The zero-order valence-electron chi connectivity index (χ0n) is 12.9. The molecule has 2 heterocycles. The van der Waals surface area contributed by atoms with Crippen LogP contribution in [0.25, 0.3) is 11.1 Å². The summed E-state index contributed by atoms with van der Waals surface area (Å²) in [4.78, 5) is 23.0. The zero-order chi connectivity index (χ0) is 17.4. The second-order valence-electron chi connectivity index (χ2n) is 5.62. The van der Waals surface area contributed by atoms with Crippen molar-refractivity contribution in [3.63, 3.8) is 0 Å². The smallest absolute Gasteiger partial charge is 0.269 e. The van der Waals surface area contributed by atoms with Crippen molar-refractivity contribution in [1.82, 2.24) is 5.32 Å². The van der Waals surface area contributed by atoms with Crippen molar-refractivity contribution in [2.75, 3.05) is 5.32 Å². The van der Waals surface area contributed by atoms with E-state index in [1.54, 1.807) is 12.1 Å². The number of hydrogen-bond acceptors (Lipinski definition) is 5. The van der Waals surface area contributed by atoms with E-state index in [0.29, 0.717) is 5.56 Å². The number of carbonyl (C=O) groups is 1. The minimum atomic E-state index is -0.444. The Morgan fingerprint density at radius 1 is 1.00 bits per heavy atom. The number of fused-ring (bicyclic) bond motifs is 1. The summed E-state index contributed by atoms with van der Waals surface area (Å²) in [6, 6.07) is 15.9. The number of nitro groups is 1. The summed E-state index contributed by atoms with van der Waals surface area (Å²) in [7, 11) is 0. The van der Waals surface area contributed by atoms with Crippen LogP contribution in [0.15, 0.2) is 60.0 Å². The molecule has 25 heavy (non-hydrogen) atoms. The first-order valence-corrected chi connectivity index (χ1v) is 8.50. The molecule has 0 bridgehead atoms. The van der Waals surface area contributed by atoms with Gasteiger partial charge in [-0.15, -0.1) is 11.3 Å². The van der Waals surface area contributed by atoms with E-state index >= 15 is 0 Å². The number of amides is 1. The lowest BCUT2D eigenvalue weighted by atomic mass is 10.0. The number of nitro benzene ring substituents is 1. The van der Waals surface area contributed by atoms with Gasteiger partial charge in [-0.05, 0) is 23.3 Å². The molecule has 1 aliphatic heterocycles. The SMILES string of the molecule is O=C1N[C@@H](c2ccc([N+](=O)[O-])cc2)Nc2scc(-c3ccccc3)c21. The second kappa shape index (κ2) is 6.03. The van der Waals surface area contributed by atoms with Crippen LogP contribution < -0.4 is 10.6 Å². The van der Waals surface area contributed by atoms with Crippen LogP contribution in [0.5, 0.6) is 0 Å². The van der Waals surface area contributed by atoms with Gasteiger partial charge in [0.25, 0.3) is 11.6 Å². The fourth-order valence-electron chi connectivity index (χ4n) is 2.85. The number of benzene rings is 2. The number of nitrogens with one attached hydrogen (secondary N) is 2. The van der Waals surface area contributed by atoms with Gasteiger partial charge in [-0.1, -0.05) is 30.3 Å². The quantitative estimate of drug-likeness (QED) is 0.548. The van der Waals surface area contributed by atoms with Crippen LogP contribution in [-0.4, -0.2) is 10.8 Å². The van der Waals surface area contributed by atoms with Gasteiger partial charge in [0.1, 0.15) is 11.2 Å². The molecule has 1 aliphatic rings. The first-order chi connectivity index (χ1) is 12.1. The summed E-state index contributed by atoms with van der Waals surface area (Å²) >= 11 is 1.48. The first kappa shape index (κ1) is 15.3. The Morgan fingerprint density at radius 2 is 1.72 bits per heavy atom. The minimum absolute atomic E-state index is 0.0223. The van der Waals surface area contributed by atoms with Crippen molar-refractivity contribution >= 4 is 27.9 Å². The predicted molar refractivity (Wildman–Crippen MR) is 96.7 cm³/mol. The van der Waals surface area contributed by atoms with Gasteiger partial charge < -0.3 is 10.6 Å². The van der Waals surface area contributed by atoms with Crippen molar-refractivity contribution in [3.05, 3.63) is 81.2 Å². The van der Waals surface area contributed by atoms with Crippen molar-refractivity contribution in [2.24, 2.45) is 0 Å². The lowest BCUT2D eigenvalue weighted by molar-refractivity contribution is -0.384. The third-order valence-corrected chi connectivity index (χ3v) is 5.00. The molecule has 0 radical (unpaired) electrons. The Morgan fingerprint density at radius 3 is 2.40 bits per heavy atom. The number of carbonyl (C=O) groups excluding carboxylic acids is 1. The topological polar surface area (TPSA) is 84.3 Å². The third kappa shape index (κ3) is 2.74. The van der Waals surface area contributed by atoms with E-state index in [1.807, 2.05) is 35.7 Å². The van der Waals surface area contributed by atoms with Crippen molar-refractivity contribution < 1.29 is 9.72 Å². The average Bonchev–Trinajstić information content (AvgIpc) is 3.07. The fourth-order valence-corrected chi connectivity index (χ4v) is 3.84. The Hall–Kier alpha value is -3.19. The van der Waals surface area contributed by atoms with Crippen molar-refractivity contribution in [3.8, 4) is 11.1 Å². The van der Waals surface area contributed by atoms with Crippen LogP contribution in [0.3, 0.4) is 0 Å². The number of thiophene rings is 1. The van der Waals surface area contributed by atoms with Gasteiger partial charge in [-0.3, -0.25) is 14.9 Å². The van der Waals surface area contributed by atoms with Crippen molar-refractivity contribution in [2.45, 2.75) is 6.17 Å². The Kier molecular flexibility index (Phi) is 3.70. The molecule has 2 aromatic carbocycles. The molecular weight excluding hydrogens is 338 g/mol.